The van der Waals surface area contributed by atoms with Gasteiger partial charge in [-0.15, -0.1) is 0 Å². The van der Waals surface area contributed by atoms with Gasteiger partial charge in [-0.05, 0) is 157 Å². The molecule has 0 bridgehead atoms. The molecule has 0 unspecified atom stereocenters. The number of carbonyl (C=O) groups excluding carboxylic acids is 4. The fourth-order valence-corrected chi connectivity index (χ4v) is 11.5. The maximum atomic E-state index is 13.4. The van der Waals surface area contributed by atoms with E-state index in [1.807, 2.05) is 24.3 Å². The van der Waals surface area contributed by atoms with Gasteiger partial charge >= 0.3 is 23.9 Å². The van der Waals surface area contributed by atoms with E-state index in [1.165, 1.54) is 197 Å². The summed E-state index contributed by atoms with van der Waals surface area (Å²) in [7, 11) is 0. The van der Waals surface area contributed by atoms with Crippen LogP contribution in [0.5, 0.6) is 23.0 Å². The molecule has 8 heteroatoms. The van der Waals surface area contributed by atoms with Crippen LogP contribution in [-0.2, 0) is 12.8 Å². The highest BCUT2D eigenvalue weighted by Gasteiger charge is 2.19. The molecule has 0 aromatic heterocycles. The van der Waals surface area contributed by atoms with Crippen LogP contribution >= 0.6 is 0 Å². The van der Waals surface area contributed by atoms with Crippen molar-refractivity contribution in [3.8, 4) is 45.3 Å². The summed E-state index contributed by atoms with van der Waals surface area (Å²) in [6, 6.07) is 47.9. The molecule has 0 radical (unpaired) electrons. The van der Waals surface area contributed by atoms with Crippen LogP contribution in [0.2, 0.25) is 0 Å². The minimum absolute atomic E-state index is 0.167. The Morgan fingerprint density at radius 3 is 0.830 bits per heavy atom. The van der Waals surface area contributed by atoms with Crippen molar-refractivity contribution in [2.45, 2.75) is 220 Å². The van der Waals surface area contributed by atoms with Crippen molar-refractivity contribution in [1.82, 2.24) is 0 Å². The minimum Gasteiger partial charge on any atom is -0.423 e. The van der Waals surface area contributed by atoms with Crippen LogP contribution in [0.4, 0.5) is 0 Å². The number of aryl methyl sites for hydroxylation is 4. The highest BCUT2D eigenvalue weighted by atomic mass is 16.6. The Morgan fingerprint density at radius 1 is 0.273 bits per heavy atom. The molecule has 8 nitrogen and oxygen atoms in total. The van der Waals surface area contributed by atoms with Gasteiger partial charge in [0.1, 0.15) is 23.0 Å². The first kappa shape index (κ1) is 67.9. The lowest BCUT2D eigenvalue weighted by atomic mass is 10.00. The van der Waals surface area contributed by atoms with Gasteiger partial charge in [-0.2, -0.15) is 0 Å². The van der Waals surface area contributed by atoms with Gasteiger partial charge in [0.25, 0.3) is 0 Å². The van der Waals surface area contributed by atoms with E-state index in [1.54, 1.807) is 92.7 Å². The van der Waals surface area contributed by atoms with Crippen LogP contribution in [0.25, 0.3) is 22.3 Å². The second-order valence-electron chi connectivity index (χ2n) is 24.2. The van der Waals surface area contributed by atoms with Crippen molar-refractivity contribution in [2.75, 3.05) is 0 Å². The molecule has 0 fully saturated rings. The number of rotatable bonds is 40. The van der Waals surface area contributed by atoms with Crippen LogP contribution in [-0.4, -0.2) is 23.9 Å². The number of hydrogen-bond donors (Lipinski definition) is 0. The smallest absolute Gasteiger partial charge is 0.343 e. The lowest BCUT2D eigenvalue weighted by molar-refractivity contribution is 0.0722. The second kappa shape index (κ2) is 38.6. The van der Waals surface area contributed by atoms with Gasteiger partial charge < -0.3 is 18.9 Å². The molecule has 0 N–H and O–H groups in total. The molecule has 88 heavy (non-hydrogen) atoms. The standard InChI is InChI=1S/C80H98O8/c1-5-7-9-11-13-15-17-19-21-23-25-27-29-31-34-63-38-42-65(43-39-63)67-46-50-69(51-47-67)77(81)85-73-54-56-75(61(3)58-73)79(83)87-71-36-33-37-72(60-71)88-80(84)76-57-55-74(59-62(76)4)86-78(82)70-52-48-68(49-53-70)66-44-40-64(41-45-66)35-32-30-28-26-24-22-20-18-16-14-12-10-8-6-2/h33,36-60H,5-32,34-35H2,1-4H3. The summed E-state index contributed by atoms with van der Waals surface area (Å²) in [6.45, 7) is 8.03. The number of carbonyl (C=O) groups is 4. The summed E-state index contributed by atoms with van der Waals surface area (Å²) in [6.07, 6.45) is 40.3. The number of benzene rings is 7. The normalized spacial score (nSPS) is 11.1. The predicted molar refractivity (Wildman–Crippen MR) is 360 cm³/mol. The van der Waals surface area contributed by atoms with Crippen molar-refractivity contribution >= 4 is 23.9 Å². The fourth-order valence-electron chi connectivity index (χ4n) is 11.5. The maximum absolute atomic E-state index is 13.4. The van der Waals surface area contributed by atoms with E-state index in [0.717, 1.165) is 35.1 Å². The first-order valence-corrected chi connectivity index (χ1v) is 33.7. The first-order valence-electron chi connectivity index (χ1n) is 33.7. The lowest BCUT2D eigenvalue weighted by Crippen LogP contribution is -2.13. The summed E-state index contributed by atoms with van der Waals surface area (Å²) in [5, 5.41) is 0. The molecule has 7 aromatic carbocycles. The summed E-state index contributed by atoms with van der Waals surface area (Å²) < 4.78 is 22.9. The highest BCUT2D eigenvalue weighted by Crippen LogP contribution is 2.29. The van der Waals surface area contributed by atoms with E-state index < -0.39 is 23.9 Å². The van der Waals surface area contributed by atoms with Crippen molar-refractivity contribution in [1.29, 1.82) is 0 Å². The molecule has 0 saturated heterocycles. The van der Waals surface area contributed by atoms with Crippen molar-refractivity contribution < 1.29 is 38.1 Å². The summed E-state index contributed by atoms with van der Waals surface area (Å²) in [5.41, 5.74) is 9.37. The number of unbranched alkanes of at least 4 members (excludes halogenated alkanes) is 26. The zero-order chi connectivity index (χ0) is 62.0. The molecular weight excluding hydrogens is 1090 g/mol. The van der Waals surface area contributed by atoms with Gasteiger partial charge in [0, 0.05) is 6.07 Å². The van der Waals surface area contributed by atoms with Gasteiger partial charge in [0.15, 0.2) is 0 Å². The predicted octanol–water partition coefficient (Wildman–Crippen LogP) is 22.6. The second-order valence-corrected chi connectivity index (χ2v) is 24.2. The van der Waals surface area contributed by atoms with Crippen molar-refractivity contribution in [3.63, 3.8) is 0 Å². The fraction of sp³-hybridized carbons (Fsp3) is 0.425. The molecule has 0 spiro atoms. The molecule has 0 aliphatic rings. The lowest BCUT2D eigenvalue weighted by Gasteiger charge is -2.11. The Balaban J connectivity index is 0.781. The Bertz CT molecular complexity index is 2980. The number of hydrogen-bond acceptors (Lipinski definition) is 8. The number of esters is 4. The van der Waals surface area contributed by atoms with Crippen LogP contribution in [0.1, 0.15) is 257 Å². The van der Waals surface area contributed by atoms with E-state index in [-0.39, 0.29) is 22.6 Å². The maximum Gasteiger partial charge on any atom is 0.343 e. The molecule has 0 aliphatic carbocycles. The van der Waals surface area contributed by atoms with Gasteiger partial charge in [-0.1, -0.05) is 260 Å². The average molecular weight is 1190 g/mol. The number of ether oxygens (including phenoxy) is 4. The Labute approximate surface area is 527 Å². The van der Waals surface area contributed by atoms with Crippen LogP contribution in [0.3, 0.4) is 0 Å². The minimum atomic E-state index is -0.635. The van der Waals surface area contributed by atoms with Crippen LogP contribution in [0, 0.1) is 13.8 Å². The molecule has 7 rings (SSSR count). The van der Waals surface area contributed by atoms with E-state index in [2.05, 4.69) is 62.4 Å². The summed E-state index contributed by atoms with van der Waals surface area (Å²) >= 11 is 0. The largest absolute Gasteiger partial charge is 0.423 e. The van der Waals surface area contributed by atoms with E-state index >= 15 is 0 Å². The summed E-state index contributed by atoms with van der Waals surface area (Å²) in [4.78, 5) is 53.2. The quantitative estimate of drug-likeness (QED) is 0.0212. The SMILES string of the molecule is CCCCCCCCCCCCCCCCc1ccc(-c2ccc(C(=O)Oc3ccc(C(=O)Oc4cccc(OC(=O)c5ccc(OC(=O)c6ccc(-c7ccc(CCCCCCCCCCCCCCCC)cc7)cc6)cc5C)c4)c(C)c3)cc2)cc1. The van der Waals surface area contributed by atoms with E-state index in [0.29, 0.717) is 33.8 Å². The third-order valence-corrected chi connectivity index (χ3v) is 16.9. The molecule has 7 aromatic rings. The van der Waals surface area contributed by atoms with Crippen molar-refractivity contribution in [2.24, 2.45) is 0 Å². The molecular formula is C80H98O8. The zero-order valence-corrected chi connectivity index (χ0v) is 53.5. The van der Waals surface area contributed by atoms with Gasteiger partial charge in [0.2, 0.25) is 0 Å². The molecule has 0 heterocycles. The topological polar surface area (TPSA) is 105 Å². The van der Waals surface area contributed by atoms with E-state index in [9.17, 15) is 19.2 Å². The Hall–Kier alpha value is -7.58. The van der Waals surface area contributed by atoms with Crippen LogP contribution < -0.4 is 18.9 Å². The molecule has 0 atom stereocenters. The Morgan fingerprint density at radius 2 is 0.534 bits per heavy atom. The van der Waals surface area contributed by atoms with Crippen LogP contribution in [0.15, 0.2) is 158 Å². The molecule has 0 amide bonds. The Kier molecular flexibility index (Phi) is 29.8. The van der Waals surface area contributed by atoms with Crippen molar-refractivity contribution in [3.05, 3.63) is 202 Å². The molecule has 0 saturated carbocycles. The third kappa shape index (κ3) is 23.8. The molecule has 0 aliphatic heterocycles. The zero-order valence-electron chi connectivity index (χ0n) is 53.5. The van der Waals surface area contributed by atoms with Gasteiger partial charge in [-0.3, -0.25) is 0 Å². The molecule has 466 valence electrons. The first-order chi connectivity index (χ1) is 43.1. The summed E-state index contributed by atoms with van der Waals surface area (Å²) in [5.74, 6) is -1.37. The van der Waals surface area contributed by atoms with E-state index in [4.69, 9.17) is 18.9 Å². The van der Waals surface area contributed by atoms with Gasteiger partial charge in [0.05, 0.1) is 22.3 Å². The monoisotopic (exact) mass is 1190 g/mol. The van der Waals surface area contributed by atoms with Gasteiger partial charge in [-0.25, -0.2) is 19.2 Å². The average Bonchev–Trinajstić information content (AvgIpc) is 3.74. The highest BCUT2D eigenvalue weighted by molar-refractivity contribution is 5.95. The third-order valence-electron chi connectivity index (χ3n) is 16.9.